The zero-order valence-corrected chi connectivity index (χ0v) is 29.6. The van der Waals surface area contributed by atoms with E-state index < -0.39 is 0 Å². The fraction of sp³-hybridized carbons (Fsp3) is 0.459. The van der Waals surface area contributed by atoms with Crippen LogP contribution in [0.15, 0.2) is 83.9 Å². The van der Waals surface area contributed by atoms with Crippen LogP contribution in [0.4, 0.5) is 5.69 Å². The maximum Gasteiger partial charge on any atom is 0.139 e. The molecule has 5 N–H and O–H groups in total. The molecule has 0 amide bonds. The van der Waals surface area contributed by atoms with Gasteiger partial charge in [-0.1, -0.05) is 81.5 Å². The van der Waals surface area contributed by atoms with Crippen LogP contribution < -0.4 is 26.8 Å². The van der Waals surface area contributed by atoms with Gasteiger partial charge >= 0.3 is 0 Å². The zero-order valence-electron chi connectivity index (χ0n) is 29.6. The Kier molecular flexibility index (Phi) is 33.3. The molecule has 0 aliphatic carbocycles. The average molecular weight is 609 g/mol. The van der Waals surface area contributed by atoms with E-state index in [0.717, 1.165) is 55.7 Å². The molecule has 0 aliphatic rings. The number of nitrogens with two attached hydrogens (primary N) is 1. The second-order valence-electron chi connectivity index (χ2n) is 9.51. The van der Waals surface area contributed by atoms with Crippen molar-refractivity contribution in [1.29, 1.82) is 0 Å². The minimum Gasteiger partial charge on any atom is -0.365 e. The smallest absolute Gasteiger partial charge is 0.139 e. The molecule has 0 saturated carbocycles. The normalized spacial score (nSPS) is 10.0. The van der Waals surface area contributed by atoms with Crippen molar-refractivity contribution in [2.75, 3.05) is 51.7 Å². The van der Waals surface area contributed by atoms with Crippen molar-refractivity contribution in [2.24, 2.45) is 10.8 Å². The maximum absolute atomic E-state index is 10.5. The Balaban J connectivity index is -0.000000515. The number of nitrogens with one attached hydrogen (secondary N) is 3. The maximum atomic E-state index is 10.5. The molecule has 0 bridgehead atoms. The Morgan fingerprint density at radius 1 is 1.07 bits per heavy atom. The summed E-state index contributed by atoms with van der Waals surface area (Å²) in [6, 6.07) is 14.5. The van der Waals surface area contributed by atoms with E-state index in [2.05, 4.69) is 97.1 Å². The molecule has 0 saturated heterocycles. The van der Waals surface area contributed by atoms with Gasteiger partial charge in [-0.3, -0.25) is 16.3 Å². The monoisotopic (exact) mass is 609 g/mol. The fourth-order valence-electron chi connectivity index (χ4n) is 3.80. The van der Waals surface area contributed by atoms with Gasteiger partial charge in [0.1, 0.15) is 6.29 Å². The molecule has 248 valence electrons. The Bertz CT molecular complexity index is 1060. The molecule has 2 aromatic carbocycles. The highest BCUT2D eigenvalue weighted by molar-refractivity contribution is 5.83. The number of carbonyl (C=O) groups excluding carboxylic acids is 1. The highest BCUT2D eigenvalue weighted by Gasteiger charge is 2.06. The number of carbonyl (C=O) groups is 1. The molecule has 0 spiro atoms. The molecule has 0 unspecified atom stereocenters. The summed E-state index contributed by atoms with van der Waals surface area (Å²) in [5.41, 5.74) is 11.0. The summed E-state index contributed by atoms with van der Waals surface area (Å²) in [6.07, 6.45) is 7.55. The summed E-state index contributed by atoms with van der Waals surface area (Å²) in [4.78, 5) is 16.4. The Morgan fingerprint density at radius 3 is 2.11 bits per heavy atom. The van der Waals surface area contributed by atoms with Crippen LogP contribution in [0.2, 0.25) is 0 Å². The first kappa shape index (κ1) is 45.1. The zero-order chi connectivity index (χ0) is 34.2. The Hall–Kier alpha value is -3.36. The number of anilines is 1. The van der Waals surface area contributed by atoms with Gasteiger partial charge in [0.15, 0.2) is 0 Å². The van der Waals surface area contributed by atoms with E-state index in [9.17, 15) is 4.79 Å². The van der Waals surface area contributed by atoms with E-state index in [4.69, 9.17) is 5.84 Å². The summed E-state index contributed by atoms with van der Waals surface area (Å²) in [6.45, 7) is 29.0. The Morgan fingerprint density at radius 2 is 1.70 bits per heavy atom. The molecule has 0 heterocycles. The quantitative estimate of drug-likeness (QED) is 0.0360. The summed E-state index contributed by atoms with van der Waals surface area (Å²) in [7, 11) is 3.71. The number of benzene rings is 2. The number of aliphatic imine (C=N–C) groups is 1. The SMILES string of the molecule is C=C(C)/C(C=NC)=C/C.C=CCc1ccccc1CNN.CC.CCN(CC=O)c1ccc(C)cc1C.CCNCCNC. The van der Waals surface area contributed by atoms with Gasteiger partial charge in [-0.05, 0) is 88.5 Å². The third-order valence-electron chi connectivity index (χ3n) is 6.02. The number of allylic oxidation sites excluding steroid dienone is 4. The number of nitrogens with zero attached hydrogens (tertiary/aromatic N) is 2. The molecule has 0 aromatic heterocycles. The minimum absolute atomic E-state index is 0.473. The molecule has 0 aliphatic heterocycles. The topological polar surface area (TPSA) is 94.8 Å². The minimum atomic E-state index is 0.473. The number of hydrazine groups is 1. The van der Waals surface area contributed by atoms with Crippen molar-refractivity contribution < 1.29 is 4.79 Å². The summed E-state index contributed by atoms with van der Waals surface area (Å²) in [5, 5.41) is 6.23. The van der Waals surface area contributed by atoms with Crippen LogP contribution in [0.25, 0.3) is 0 Å². The lowest BCUT2D eigenvalue weighted by molar-refractivity contribution is -0.106. The fourth-order valence-corrected chi connectivity index (χ4v) is 3.80. The van der Waals surface area contributed by atoms with E-state index in [0.29, 0.717) is 13.1 Å². The predicted molar refractivity (Wildman–Crippen MR) is 198 cm³/mol. The van der Waals surface area contributed by atoms with Crippen LogP contribution in [-0.2, 0) is 17.8 Å². The van der Waals surface area contributed by atoms with E-state index in [1.807, 2.05) is 65.2 Å². The van der Waals surface area contributed by atoms with Gasteiger partial charge in [-0.15, -0.1) is 6.58 Å². The van der Waals surface area contributed by atoms with Crippen LogP contribution >= 0.6 is 0 Å². The lowest BCUT2D eigenvalue weighted by Gasteiger charge is -2.22. The van der Waals surface area contributed by atoms with Crippen LogP contribution in [0, 0.1) is 13.8 Å². The van der Waals surface area contributed by atoms with E-state index in [-0.39, 0.29) is 0 Å². The van der Waals surface area contributed by atoms with Crippen LogP contribution in [0.5, 0.6) is 0 Å². The van der Waals surface area contributed by atoms with Crippen molar-refractivity contribution in [3.05, 3.63) is 101 Å². The number of hydrogen-bond acceptors (Lipinski definition) is 7. The van der Waals surface area contributed by atoms with Gasteiger partial charge in [0.25, 0.3) is 0 Å². The van der Waals surface area contributed by atoms with Gasteiger partial charge in [0, 0.05) is 45.1 Å². The molecule has 7 nitrogen and oxygen atoms in total. The van der Waals surface area contributed by atoms with E-state index in [1.165, 1.54) is 22.3 Å². The third-order valence-corrected chi connectivity index (χ3v) is 6.02. The molecule has 0 atom stereocenters. The number of aryl methyl sites for hydroxylation is 2. The lowest BCUT2D eigenvalue weighted by Crippen LogP contribution is -2.25. The number of aldehydes is 1. The average Bonchev–Trinajstić information content (AvgIpc) is 3.02. The van der Waals surface area contributed by atoms with E-state index in [1.54, 1.807) is 7.05 Å². The molecule has 0 radical (unpaired) electrons. The highest BCUT2D eigenvalue weighted by Crippen LogP contribution is 2.20. The predicted octanol–water partition coefficient (Wildman–Crippen LogP) is 6.76. The standard InChI is InChI=1S/C12H17NO.C10H14N2.C8H13N.C5H14N2.C2H6/c1-4-13(7-8-14)12-6-5-10(2)9-11(12)3;1-2-5-9-6-3-4-7-10(9)8-12-11;1-5-8(6-9-4)7(2)3;1-3-7-5-4-6-2;1-2/h5-6,8-9H,4,7H2,1-3H3;2-4,6-7,12H,1,5,8,11H2;5-6H,2H2,1,3-4H3;6-7H,3-5H2,1-2H3;1-2H3/b;;8-5+,9-6?;;. The molecule has 2 aromatic rings. The second kappa shape index (κ2) is 32.6. The molecular weight excluding hydrogens is 544 g/mol. The molecule has 2 rings (SSSR count). The van der Waals surface area contributed by atoms with Gasteiger partial charge in [0.05, 0.1) is 6.54 Å². The first-order chi connectivity index (χ1) is 21.2. The summed E-state index contributed by atoms with van der Waals surface area (Å²) >= 11 is 0. The number of likely N-dealkylation sites (N-methyl/N-ethyl adjacent to an activating group) is 3. The summed E-state index contributed by atoms with van der Waals surface area (Å²) in [5.74, 6) is 5.25. The van der Waals surface area contributed by atoms with Crippen molar-refractivity contribution in [1.82, 2.24) is 16.1 Å². The van der Waals surface area contributed by atoms with Crippen molar-refractivity contribution in [2.45, 2.75) is 68.4 Å². The van der Waals surface area contributed by atoms with Crippen molar-refractivity contribution in [3.8, 4) is 0 Å². The van der Waals surface area contributed by atoms with Crippen LogP contribution in [0.3, 0.4) is 0 Å². The van der Waals surface area contributed by atoms with Gasteiger partial charge < -0.3 is 20.3 Å². The highest BCUT2D eigenvalue weighted by atomic mass is 16.1. The third kappa shape index (κ3) is 23.1. The molecule has 44 heavy (non-hydrogen) atoms. The van der Waals surface area contributed by atoms with Gasteiger partial charge in [-0.25, -0.2) is 0 Å². The van der Waals surface area contributed by atoms with Crippen LogP contribution in [0.1, 0.15) is 63.8 Å². The second-order valence-corrected chi connectivity index (χ2v) is 9.51. The first-order valence-electron chi connectivity index (χ1n) is 15.7. The molecule has 7 heteroatoms. The van der Waals surface area contributed by atoms with Crippen molar-refractivity contribution >= 4 is 18.2 Å². The van der Waals surface area contributed by atoms with Gasteiger partial charge in [0.2, 0.25) is 0 Å². The summed E-state index contributed by atoms with van der Waals surface area (Å²) < 4.78 is 0. The van der Waals surface area contributed by atoms with E-state index >= 15 is 0 Å². The largest absolute Gasteiger partial charge is 0.365 e. The van der Waals surface area contributed by atoms with Gasteiger partial charge in [-0.2, -0.15) is 0 Å². The van der Waals surface area contributed by atoms with Crippen molar-refractivity contribution in [3.63, 3.8) is 0 Å². The molecule has 0 fully saturated rings. The Labute approximate surface area is 270 Å². The molecular formula is C37H64N6O. The van der Waals surface area contributed by atoms with Crippen LogP contribution in [-0.4, -0.2) is 59.3 Å². The first-order valence-corrected chi connectivity index (χ1v) is 15.7. The number of rotatable bonds is 14. The number of hydrogen-bond donors (Lipinski definition) is 4. The lowest BCUT2D eigenvalue weighted by atomic mass is 10.1.